The summed E-state index contributed by atoms with van der Waals surface area (Å²) in [6, 6.07) is 18.1. The Balaban J connectivity index is 1.44. The summed E-state index contributed by atoms with van der Waals surface area (Å²) in [7, 11) is 0. The number of benzene rings is 2. The molecule has 0 unspecified atom stereocenters. The average Bonchev–Trinajstić information content (AvgIpc) is 3.26. The van der Waals surface area contributed by atoms with E-state index in [2.05, 4.69) is 20.7 Å². The molecule has 4 aromatic rings. The molecule has 0 aliphatic heterocycles. The first kappa shape index (κ1) is 21.9. The van der Waals surface area contributed by atoms with Gasteiger partial charge in [-0.15, -0.1) is 0 Å². The number of aromatic nitrogens is 3. The minimum absolute atomic E-state index is 0.211. The van der Waals surface area contributed by atoms with Crippen LogP contribution in [0.3, 0.4) is 0 Å². The van der Waals surface area contributed by atoms with Crippen LogP contribution < -0.4 is 10.5 Å². The molecule has 2 aromatic heterocycles. The summed E-state index contributed by atoms with van der Waals surface area (Å²) in [5.74, 6) is 2.27. The van der Waals surface area contributed by atoms with Gasteiger partial charge < -0.3 is 15.0 Å². The number of nitrogens with two attached hydrogens (primary N) is 1. The molecular weight excluding hydrogens is 424 g/mol. The van der Waals surface area contributed by atoms with Gasteiger partial charge in [-0.1, -0.05) is 42.8 Å². The van der Waals surface area contributed by atoms with Gasteiger partial charge >= 0.3 is 0 Å². The maximum Gasteiger partial charge on any atom is 0.155 e. The number of hydrogen-bond acceptors (Lipinski definition) is 5. The van der Waals surface area contributed by atoms with Gasteiger partial charge in [0, 0.05) is 24.2 Å². The Labute approximate surface area is 199 Å². The normalized spacial score (nSPS) is 15.9. The monoisotopic (exact) mass is 452 g/mol. The first-order chi connectivity index (χ1) is 16.6. The molecule has 0 saturated heterocycles. The fraction of sp³-hybridized carbons (Fsp3) is 0.250. The van der Waals surface area contributed by atoms with Crippen LogP contribution in [0.5, 0.6) is 11.5 Å². The number of ether oxygens (including phenoxy) is 1. The SMILES string of the molecule is CCC(=O)C=C1CCC(n2cc(-c3ccc(Oc4ccccc4)cc3)c3c(N)ncnc32)CC1. The van der Waals surface area contributed by atoms with Gasteiger partial charge in [-0.3, -0.25) is 4.79 Å². The Kier molecular flexibility index (Phi) is 6.12. The number of fused-ring (bicyclic) bond motifs is 1. The van der Waals surface area contributed by atoms with Crippen molar-refractivity contribution in [1.82, 2.24) is 14.5 Å². The molecular formula is C28H28N4O2. The van der Waals surface area contributed by atoms with E-state index in [1.165, 1.54) is 11.9 Å². The smallest absolute Gasteiger partial charge is 0.155 e. The lowest BCUT2D eigenvalue weighted by Crippen LogP contribution is -2.14. The zero-order chi connectivity index (χ0) is 23.5. The van der Waals surface area contributed by atoms with Crippen molar-refractivity contribution < 1.29 is 9.53 Å². The lowest BCUT2D eigenvalue weighted by Gasteiger charge is -2.25. The Morgan fingerprint density at radius 1 is 1.06 bits per heavy atom. The highest BCUT2D eigenvalue weighted by molar-refractivity contribution is 6.00. The van der Waals surface area contributed by atoms with E-state index in [4.69, 9.17) is 10.5 Å². The molecule has 1 aliphatic rings. The summed E-state index contributed by atoms with van der Waals surface area (Å²) in [5, 5.41) is 0.877. The highest BCUT2D eigenvalue weighted by atomic mass is 16.5. The first-order valence-corrected chi connectivity index (χ1v) is 11.8. The van der Waals surface area contributed by atoms with Crippen molar-refractivity contribution in [3.05, 3.63) is 78.8 Å². The minimum Gasteiger partial charge on any atom is -0.457 e. The van der Waals surface area contributed by atoms with Crippen molar-refractivity contribution in [1.29, 1.82) is 0 Å². The molecule has 1 fully saturated rings. The molecule has 0 spiro atoms. The van der Waals surface area contributed by atoms with E-state index in [0.29, 0.717) is 18.3 Å². The van der Waals surface area contributed by atoms with Gasteiger partial charge in [0.25, 0.3) is 0 Å². The Morgan fingerprint density at radius 2 is 1.76 bits per heavy atom. The lowest BCUT2D eigenvalue weighted by molar-refractivity contribution is -0.114. The van der Waals surface area contributed by atoms with Gasteiger partial charge in [0.1, 0.15) is 29.3 Å². The van der Waals surface area contributed by atoms with Gasteiger partial charge in [-0.2, -0.15) is 0 Å². The van der Waals surface area contributed by atoms with Crippen molar-refractivity contribution in [2.45, 2.75) is 45.1 Å². The summed E-state index contributed by atoms with van der Waals surface area (Å²) < 4.78 is 8.19. The number of rotatable bonds is 6. The van der Waals surface area contributed by atoms with Gasteiger partial charge in [0.05, 0.1) is 5.39 Å². The van der Waals surface area contributed by atoms with Crippen molar-refractivity contribution in [3.63, 3.8) is 0 Å². The van der Waals surface area contributed by atoms with Gasteiger partial charge in [-0.25, -0.2) is 9.97 Å². The molecule has 2 N–H and O–H groups in total. The summed E-state index contributed by atoms with van der Waals surface area (Å²) in [4.78, 5) is 20.7. The fourth-order valence-electron chi connectivity index (χ4n) is 4.66. The van der Waals surface area contributed by atoms with Crippen LogP contribution in [-0.2, 0) is 4.79 Å². The first-order valence-electron chi connectivity index (χ1n) is 11.8. The maximum atomic E-state index is 11.8. The number of para-hydroxylation sites is 1. The van der Waals surface area contributed by atoms with Gasteiger partial charge in [0.2, 0.25) is 0 Å². The van der Waals surface area contributed by atoms with Crippen LogP contribution in [0.2, 0.25) is 0 Å². The predicted octanol–water partition coefficient (Wildman–Crippen LogP) is 6.49. The Morgan fingerprint density at radius 3 is 2.47 bits per heavy atom. The molecule has 172 valence electrons. The van der Waals surface area contributed by atoms with Crippen molar-refractivity contribution >= 4 is 22.6 Å². The van der Waals surface area contributed by atoms with E-state index in [1.807, 2.05) is 67.6 Å². The topological polar surface area (TPSA) is 83.0 Å². The largest absolute Gasteiger partial charge is 0.457 e. The highest BCUT2D eigenvalue weighted by Crippen LogP contribution is 2.39. The zero-order valence-electron chi connectivity index (χ0n) is 19.3. The van der Waals surface area contributed by atoms with Crippen LogP contribution in [0.1, 0.15) is 45.1 Å². The van der Waals surface area contributed by atoms with Crippen LogP contribution >= 0.6 is 0 Å². The standard InChI is InChI=1S/C28H28N4O2/c1-2-22(33)16-19-8-12-21(13-9-19)32-17-25(26-27(29)30-18-31-28(26)32)20-10-14-24(15-11-20)34-23-6-4-3-5-7-23/h3-7,10-11,14-18,21H,2,8-9,12-13H2,1H3,(H2,29,30,31). The Bertz CT molecular complexity index is 1330. The molecule has 1 aliphatic carbocycles. The molecule has 0 amide bonds. The fourth-order valence-corrected chi connectivity index (χ4v) is 4.66. The number of ketones is 1. The predicted molar refractivity (Wildman–Crippen MR) is 135 cm³/mol. The second-order valence-corrected chi connectivity index (χ2v) is 8.70. The third-order valence-corrected chi connectivity index (χ3v) is 6.49. The number of carbonyl (C=O) groups is 1. The molecule has 2 aromatic carbocycles. The molecule has 0 atom stereocenters. The number of hydrogen-bond donors (Lipinski definition) is 1. The van der Waals surface area contributed by atoms with Crippen LogP contribution in [0.25, 0.3) is 22.2 Å². The van der Waals surface area contributed by atoms with Gasteiger partial charge in [0.15, 0.2) is 5.78 Å². The third kappa shape index (κ3) is 4.44. The molecule has 34 heavy (non-hydrogen) atoms. The summed E-state index contributed by atoms with van der Waals surface area (Å²) >= 11 is 0. The van der Waals surface area contributed by atoms with Crippen LogP contribution in [-0.4, -0.2) is 20.3 Å². The van der Waals surface area contributed by atoms with Gasteiger partial charge in [-0.05, 0) is 61.6 Å². The number of nitrogen functional groups attached to an aromatic ring is 1. The van der Waals surface area contributed by atoms with Crippen molar-refractivity contribution in [3.8, 4) is 22.6 Å². The quantitative estimate of drug-likeness (QED) is 0.338. The van der Waals surface area contributed by atoms with E-state index in [1.54, 1.807) is 0 Å². The molecule has 0 bridgehead atoms. The minimum atomic E-state index is 0.211. The summed E-state index contributed by atoms with van der Waals surface area (Å²) in [6.45, 7) is 1.91. The van der Waals surface area contributed by atoms with Crippen LogP contribution in [0, 0.1) is 0 Å². The molecule has 0 radical (unpaired) electrons. The molecule has 6 heteroatoms. The third-order valence-electron chi connectivity index (χ3n) is 6.49. The number of anilines is 1. The molecule has 6 nitrogen and oxygen atoms in total. The molecule has 2 heterocycles. The van der Waals surface area contributed by atoms with E-state index in [9.17, 15) is 4.79 Å². The Hall–Kier alpha value is -3.93. The molecule has 1 saturated carbocycles. The van der Waals surface area contributed by atoms with Crippen LogP contribution in [0.15, 0.2) is 78.8 Å². The van der Waals surface area contributed by atoms with Crippen molar-refractivity contribution in [2.24, 2.45) is 0 Å². The number of carbonyl (C=O) groups excluding carboxylic acids is 1. The lowest BCUT2D eigenvalue weighted by atomic mass is 9.90. The number of allylic oxidation sites excluding steroid dienone is 2. The van der Waals surface area contributed by atoms with Crippen molar-refractivity contribution in [2.75, 3.05) is 5.73 Å². The second-order valence-electron chi connectivity index (χ2n) is 8.70. The number of nitrogens with zero attached hydrogens (tertiary/aromatic N) is 3. The van der Waals surface area contributed by atoms with Crippen LogP contribution in [0.4, 0.5) is 5.82 Å². The average molecular weight is 453 g/mol. The molecule has 5 rings (SSSR count). The zero-order valence-corrected chi connectivity index (χ0v) is 19.3. The highest BCUT2D eigenvalue weighted by Gasteiger charge is 2.23. The maximum absolute atomic E-state index is 11.8. The van der Waals surface area contributed by atoms with E-state index < -0.39 is 0 Å². The summed E-state index contributed by atoms with van der Waals surface area (Å²) in [6.07, 6.45) is 9.88. The van der Waals surface area contributed by atoms with E-state index >= 15 is 0 Å². The summed E-state index contributed by atoms with van der Waals surface area (Å²) in [5.41, 5.74) is 10.5. The van der Waals surface area contributed by atoms with E-state index in [-0.39, 0.29) is 5.78 Å². The van der Waals surface area contributed by atoms with E-state index in [0.717, 1.165) is 59.3 Å². The second kappa shape index (κ2) is 9.51.